The van der Waals surface area contributed by atoms with Gasteiger partial charge in [0.05, 0.1) is 10.2 Å². The van der Waals surface area contributed by atoms with E-state index in [4.69, 9.17) is 19.9 Å². The minimum atomic E-state index is 0.619. The Morgan fingerprint density at radius 1 is 0.262 bits per heavy atom. The van der Waals surface area contributed by atoms with E-state index in [1.54, 1.807) is 11.3 Å². The van der Waals surface area contributed by atoms with Gasteiger partial charge in [-0.1, -0.05) is 218 Å². The fourth-order valence-electron chi connectivity index (χ4n) is 9.07. The highest BCUT2D eigenvalue weighted by Crippen LogP contribution is 2.48. The predicted molar refractivity (Wildman–Crippen MR) is 272 cm³/mol. The third-order valence-corrected chi connectivity index (χ3v) is 13.3. The first-order valence-electron chi connectivity index (χ1n) is 21.8. The van der Waals surface area contributed by atoms with E-state index in [2.05, 4.69) is 170 Å². The molecule has 12 rings (SSSR count). The summed E-state index contributed by atoms with van der Waals surface area (Å²) in [6.45, 7) is 0. The topological polar surface area (TPSA) is 51.6 Å². The van der Waals surface area contributed by atoms with Crippen LogP contribution in [0.1, 0.15) is 0 Å². The van der Waals surface area contributed by atoms with Gasteiger partial charge in [-0.15, -0.1) is 11.3 Å². The zero-order chi connectivity index (χ0) is 43.1. The molecule has 0 saturated carbocycles. The van der Waals surface area contributed by atoms with Crippen molar-refractivity contribution in [3.05, 3.63) is 231 Å². The van der Waals surface area contributed by atoms with Gasteiger partial charge in [0.15, 0.2) is 17.5 Å². The number of nitrogens with zero attached hydrogens (tertiary/aromatic N) is 4. The summed E-state index contributed by atoms with van der Waals surface area (Å²) >= 11 is 1.73. The molecule has 10 aromatic carbocycles. The monoisotopic (exact) mass is 846 g/mol. The molecule has 0 bridgehead atoms. The van der Waals surface area contributed by atoms with Crippen molar-refractivity contribution in [3.63, 3.8) is 0 Å². The highest BCUT2D eigenvalue weighted by atomic mass is 32.1. The maximum atomic E-state index is 5.07. The van der Waals surface area contributed by atoms with E-state index in [0.717, 1.165) is 66.2 Å². The lowest BCUT2D eigenvalue weighted by molar-refractivity contribution is 1.07. The molecule has 0 aliphatic carbocycles. The summed E-state index contributed by atoms with van der Waals surface area (Å²) in [4.78, 5) is 20.1. The Balaban J connectivity index is 1.09. The average molecular weight is 847 g/mol. The number of rotatable bonds is 8. The van der Waals surface area contributed by atoms with Crippen LogP contribution in [0, 0.1) is 0 Å². The Morgan fingerprint density at radius 3 is 1.17 bits per heavy atom. The average Bonchev–Trinajstić information content (AvgIpc) is 3.83. The molecule has 12 aromatic rings. The number of aromatic nitrogens is 4. The second kappa shape index (κ2) is 16.4. The van der Waals surface area contributed by atoms with E-state index in [1.807, 2.05) is 60.7 Å². The first-order chi connectivity index (χ1) is 32.2. The van der Waals surface area contributed by atoms with Gasteiger partial charge in [-0.2, -0.15) is 0 Å². The summed E-state index contributed by atoms with van der Waals surface area (Å²) in [7, 11) is 0. The highest BCUT2D eigenvalue weighted by molar-refractivity contribution is 7.21. The quantitative estimate of drug-likeness (QED) is 0.153. The van der Waals surface area contributed by atoms with Gasteiger partial charge in [0.1, 0.15) is 5.01 Å². The molecule has 65 heavy (non-hydrogen) atoms. The van der Waals surface area contributed by atoms with E-state index in [0.29, 0.717) is 17.5 Å². The molecule has 0 fully saturated rings. The molecule has 0 aliphatic rings. The van der Waals surface area contributed by atoms with Crippen LogP contribution in [0.5, 0.6) is 0 Å². The van der Waals surface area contributed by atoms with E-state index < -0.39 is 0 Å². The number of hydrogen-bond donors (Lipinski definition) is 0. The van der Waals surface area contributed by atoms with Crippen LogP contribution in [0.4, 0.5) is 0 Å². The van der Waals surface area contributed by atoms with Crippen molar-refractivity contribution in [2.45, 2.75) is 0 Å². The van der Waals surface area contributed by atoms with Gasteiger partial charge >= 0.3 is 0 Å². The Kier molecular flexibility index (Phi) is 9.66. The van der Waals surface area contributed by atoms with Gasteiger partial charge in [0.25, 0.3) is 0 Å². The molecule has 2 heterocycles. The van der Waals surface area contributed by atoms with Crippen LogP contribution in [0.25, 0.3) is 121 Å². The third kappa shape index (κ3) is 7.14. The molecular weight excluding hydrogens is 809 g/mol. The molecule has 0 saturated heterocycles. The number of fused-ring (bicyclic) bond motifs is 3. The predicted octanol–water partition coefficient (Wildman–Crippen LogP) is 16.1. The van der Waals surface area contributed by atoms with Crippen LogP contribution in [-0.2, 0) is 0 Å². The molecule has 304 valence electrons. The molecule has 0 unspecified atom stereocenters. The minimum absolute atomic E-state index is 0.619. The van der Waals surface area contributed by atoms with Gasteiger partial charge in [-0.3, -0.25) is 0 Å². The van der Waals surface area contributed by atoms with E-state index in [1.165, 1.54) is 37.4 Å². The molecule has 2 aromatic heterocycles. The van der Waals surface area contributed by atoms with Gasteiger partial charge in [-0.25, -0.2) is 19.9 Å². The zero-order valence-corrected chi connectivity index (χ0v) is 36.0. The summed E-state index contributed by atoms with van der Waals surface area (Å²) < 4.78 is 1.18. The Hall–Kier alpha value is -8.38. The summed E-state index contributed by atoms with van der Waals surface area (Å²) in [5.41, 5.74) is 14.1. The molecule has 0 radical (unpaired) electrons. The van der Waals surface area contributed by atoms with Crippen molar-refractivity contribution in [2.75, 3.05) is 0 Å². The fraction of sp³-hybridized carbons (Fsp3) is 0. The SMILES string of the molecule is c1ccc(-c2nc(-c3ccccc3)nc(-c3ccc(-c4c(-c5cccc6ccccc56)ccc(-c5cccc6ccccc56)c4-c4ccc(-c5nc6ccccc6s5)cc4)cc3)n2)cc1. The van der Waals surface area contributed by atoms with Gasteiger partial charge in [-0.05, 0) is 78.2 Å². The lowest BCUT2D eigenvalue weighted by Gasteiger charge is -2.22. The maximum absolute atomic E-state index is 5.07. The molecule has 0 amide bonds. The van der Waals surface area contributed by atoms with Gasteiger partial charge in [0.2, 0.25) is 0 Å². The van der Waals surface area contributed by atoms with Crippen LogP contribution in [0.15, 0.2) is 231 Å². The number of hydrogen-bond acceptors (Lipinski definition) is 5. The number of thiazole rings is 1. The van der Waals surface area contributed by atoms with E-state index in [9.17, 15) is 0 Å². The minimum Gasteiger partial charge on any atom is -0.236 e. The molecular formula is C60H38N4S. The molecule has 0 spiro atoms. The summed E-state index contributed by atoms with van der Waals surface area (Å²) in [6, 6.07) is 81.7. The third-order valence-electron chi connectivity index (χ3n) is 12.2. The molecule has 5 heteroatoms. The van der Waals surface area contributed by atoms with Crippen LogP contribution >= 0.6 is 11.3 Å². The van der Waals surface area contributed by atoms with Crippen molar-refractivity contribution in [1.82, 2.24) is 19.9 Å². The largest absolute Gasteiger partial charge is 0.236 e. The summed E-state index contributed by atoms with van der Waals surface area (Å²) in [5, 5.41) is 5.82. The lowest BCUT2D eigenvalue weighted by Crippen LogP contribution is -2.00. The van der Waals surface area contributed by atoms with Crippen LogP contribution in [0.3, 0.4) is 0 Å². The second-order valence-corrected chi connectivity index (χ2v) is 17.2. The van der Waals surface area contributed by atoms with Gasteiger partial charge < -0.3 is 0 Å². The van der Waals surface area contributed by atoms with Crippen LogP contribution < -0.4 is 0 Å². The standard InChI is InChI=1S/C60H38N4S/c1-3-17-43(18-4-1)57-62-58(44-19-5-2-6-20-44)64-59(63-57)45-33-29-41(30-34-45)55-51(49-25-13-21-39-15-7-9-23-47(39)49)37-38-52(50-26-14-22-40-16-8-10-24-48(40)50)56(55)42-31-35-46(36-32-42)60-61-53-27-11-12-28-54(53)65-60/h1-38H. The normalized spacial score (nSPS) is 11.4. The molecule has 0 aliphatic heterocycles. The lowest BCUT2D eigenvalue weighted by atomic mass is 9.81. The van der Waals surface area contributed by atoms with Crippen LogP contribution in [0.2, 0.25) is 0 Å². The Labute approximate surface area is 380 Å². The fourth-order valence-corrected chi connectivity index (χ4v) is 10.0. The highest BCUT2D eigenvalue weighted by Gasteiger charge is 2.22. The number of benzene rings is 10. The van der Waals surface area contributed by atoms with E-state index in [-0.39, 0.29) is 0 Å². The van der Waals surface area contributed by atoms with Crippen LogP contribution in [-0.4, -0.2) is 19.9 Å². The summed E-state index contributed by atoms with van der Waals surface area (Å²) in [6.07, 6.45) is 0. The van der Waals surface area contributed by atoms with Crippen molar-refractivity contribution < 1.29 is 0 Å². The zero-order valence-electron chi connectivity index (χ0n) is 35.1. The Morgan fingerprint density at radius 2 is 0.662 bits per heavy atom. The van der Waals surface area contributed by atoms with Crippen molar-refractivity contribution in [1.29, 1.82) is 0 Å². The molecule has 0 N–H and O–H groups in total. The van der Waals surface area contributed by atoms with Crippen molar-refractivity contribution in [2.24, 2.45) is 0 Å². The maximum Gasteiger partial charge on any atom is 0.164 e. The van der Waals surface area contributed by atoms with Crippen molar-refractivity contribution in [3.8, 4) is 89.2 Å². The Bertz CT molecular complexity index is 3590. The van der Waals surface area contributed by atoms with E-state index >= 15 is 0 Å². The number of para-hydroxylation sites is 1. The second-order valence-electron chi connectivity index (χ2n) is 16.1. The molecule has 4 nitrogen and oxygen atoms in total. The van der Waals surface area contributed by atoms with Crippen molar-refractivity contribution >= 4 is 43.1 Å². The first kappa shape index (κ1) is 38.3. The first-order valence-corrected chi connectivity index (χ1v) is 22.6. The summed E-state index contributed by atoms with van der Waals surface area (Å²) in [5.74, 6) is 1.89. The van der Waals surface area contributed by atoms with Gasteiger partial charge in [0, 0.05) is 22.3 Å². The smallest absolute Gasteiger partial charge is 0.164 e. The molecule has 0 atom stereocenters.